The molecular formula is C27H24ClN3O2. The largest absolute Gasteiger partial charge is 0.378 e. The Balaban J connectivity index is 1.58. The SMILES string of the molecule is CN(C)c1ccc(N2C(=O)C(c3ccc(Cl)cc3)=C(N3CCc4ccccc4C3)C2=O)cc1. The Morgan fingerprint density at radius 3 is 2.15 bits per heavy atom. The van der Waals surface area contributed by atoms with Crippen LogP contribution in [0.1, 0.15) is 16.7 Å². The van der Waals surface area contributed by atoms with E-state index in [1.165, 1.54) is 16.0 Å². The van der Waals surface area contributed by atoms with Gasteiger partial charge in [0, 0.05) is 37.9 Å². The van der Waals surface area contributed by atoms with Crippen LogP contribution in [0.2, 0.25) is 5.02 Å². The molecule has 0 aliphatic carbocycles. The van der Waals surface area contributed by atoms with Crippen LogP contribution in [-0.2, 0) is 22.6 Å². The van der Waals surface area contributed by atoms with Gasteiger partial charge >= 0.3 is 0 Å². The summed E-state index contributed by atoms with van der Waals surface area (Å²) >= 11 is 6.10. The van der Waals surface area contributed by atoms with Gasteiger partial charge in [-0.2, -0.15) is 0 Å². The maximum absolute atomic E-state index is 13.8. The second-order valence-electron chi connectivity index (χ2n) is 8.53. The van der Waals surface area contributed by atoms with Crippen LogP contribution < -0.4 is 9.80 Å². The van der Waals surface area contributed by atoms with E-state index in [-0.39, 0.29) is 11.8 Å². The summed E-state index contributed by atoms with van der Waals surface area (Å²) in [6.07, 6.45) is 0.826. The second kappa shape index (κ2) is 8.41. The molecule has 3 aromatic carbocycles. The number of nitrogens with zero attached hydrogens (tertiary/aromatic N) is 3. The molecule has 2 heterocycles. The highest BCUT2D eigenvalue weighted by atomic mass is 35.5. The summed E-state index contributed by atoms with van der Waals surface area (Å²) in [4.78, 5) is 32.8. The molecule has 0 spiro atoms. The molecule has 0 unspecified atom stereocenters. The summed E-state index contributed by atoms with van der Waals surface area (Å²) < 4.78 is 0. The number of imide groups is 1. The van der Waals surface area contributed by atoms with Gasteiger partial charge in [-0.25, -0.2) is 4.90 Å². The number of halogens is 1. The Kier molecular flexibility index (Phi) is 5.43. The lowest BCUT2D eigenvalue weighted by atomic mass is 9.98. The highest BCUT2D eigenvalue weighted by Crippen LogP contribution is 2.37. The number of fused-ring (bicyclic) bond motifs is 1. The van der Waals surface area contributed by atoms with Crippen molar-refractivity contribution < 1.29 is 9.59 Å². The van der Waals surface area contributed by atoms with Gasteiger partial charge in [0.05, 0.1) is 11.3 Å². The lowest BCUT2D eigenvalue weighted by Gasteiger charge is -2.31. The summed E-state index contributed by atoms with van der Waals surface area (Å²) in [5, 5.41) is 0.584. The van der Waals surface area contributed by atoms with Crippen LogP contribution in [0.4, 0.5) is 11.4 Å². The predicted octanol–water partition coefficient (Wildman–Crippen LogP) is 4.75. The van der Waals surface area contributed by atoms with Gasteiger partial charge in [-0.3, -0.25) is 9.59 Å². The first-order chi connectivity index (χ1) is 15.9. The molecule has 5 rings (SSSR count). The number of rotatable bonds is 4. The van der Waals surface area contributed by atoms with E-state index in [4.69, 9.17) is 11.6 Å². The second-order valence-corrected chi connectivity index (χ2v) is 8.96. The maximum Gasteiger partial charge on any atom is 0.282 e. The fourth-order valence-electron chi connectivity index (χ4n) is 4.51. The first-order valence-corrected chi connectivity index (χ1v) is 11.3. The molecule has 0 radical (unpaired) electrons. The zero-order chi connectivity index (χ0) is 23.1. The van der Waals surface area contributed by atoms with E-state index in [2.05, 4.69) is 12.1 Å². The highest BCUT2D eigenvalue weighted by molar-refractivity contribution is 6.45. The molecule has 6 heteroatoms. The third-order valence-electron chi connectivity index (χ3n) is 6.26. The highest BCUT2D eigenvalue weighted by Gasteiger charge is 2.43. The number of hydrogen-bond acceptors (Lipinski definition) is 4. The molecule has 0 N–H and O–H groups in total. The molecule has 5 nitrogen and oxygen atoms in total. The van der Waals surface area contributed by atoms with Gasteiger partial charge in [0.2, 0.25) is 0 Å². The van der Waals surface area contributed by atoms with E-state index in [1.54, 1.807) is 24.3 Å². The van der Waals surface area contributed by atoms with Crippen molar-refractivity contribution in [3.05, 3.63) is 100 Å². The molecular weight excluding hydrogens is 434 g/mol. The summed E-state index contributed by atoms with van der Waals surface area (Å²) in [5.41, 5.74) is 5.60. The minimum Gasteiger partial charge on any atom is -0.378 e. The average molecular weight is 458 g/mol. The molecule has 33 heavy (non-hydrogen) atoms. The lowest BCUT2D eigenvalue weighted by molar-refractivity contribution is -0.120. The topological polar surface area (TPSA) is 43.9 Å². The van der Waals surface area contributed by atoms with E-state index in [9.17, 15) is 9.59 Å². The van der Waals surface area contributed by atoms with Gasteiger partial charge < -0.3 is 9.80 Å². The molecule has 2 aliphatic rings. The summed E-state index contributed by atoms with van der Waals surface area (Å²) in [7, 11) is 3.90. The molecule has 0 saturated carbocycles. The monoisotopic (exact) mass is 457 g/mol. The average Bonchev–Trinajstić information content (AvgIpc) is 3.09. The zero-order valence-electron chi connectivity index (χ0n) is 18.6. The van der Waals surface area contributed by atoms with Gasteiger partial charge in [0.15, 0.2) is 0 Å². The van der Waals surface area contributed by atoms with E-state index in [0.29, 0.717) is 40.6 Å². The Bertz CT molecular complexity index is 1260. The number of hydrogen-bond donors (Lipinski definition) is 0. The Labute approximate surface area is 198 Å². The predicted molar refractivity (Wildman–Crippen MR) is 132 cm³/mol. The van der Waals surface area contributed by atoms with Gasteiger partial charge in [0.25, 0.3) is 11.8 Å². The van der Waals surface area contributed by atoms with E-state index >= 15 is 0 Å². The molecule has 2 aliphatic heterocycles. The summed E-state index contributed by atoms with van der Waals surface area (Å²) in [6, 6.07) is 22.8. The number of anilines is 2. The quantitative estimate of drug-likeness (QED) is 0.530. The van der Waals surface area contributed by atoms with Gasteiger partial charge in [-0.05, 0) is 59.5 Å². The van der Waals surface area contributed by atoms with Crippen molar-refractivity contribution in [3.63, 3.8) is 0 Å². The smallest absolute Gasteiger partial charge is 0.282 e. The molecule has 0 atom stereocenters. The van der Waals surface area contributed by atoms with Gasteiger partial charge in [-0.1, -0.05) is 48.0 Å². The molecule has 0 bridgehead atoms. The third-order valence-corrected chi connectivity index (χ3v) is 6.52. The first kappa shape index (κ1) is 21.3. The van der Waals surface area contributed by atoms with Crippen molar-refractivity contribution in [3.8, 4) is 0 Å². The Hall–Kier alpha value is -3.57. The van der Waals surface area contributed by atoms with Crippen LogP contribution in [0.5, 0.6) is 0 Å². The number of amides is 2. The number of benzene rings is 3. The number of carbonyl (C=O) groups is 2. The van der Waals surface area contributed by atoms with Crippen LogP contribution >= 0.6 is 11.6 Å². The maximum atomic E-state index is 13.8. The van der Waals surface area contributed by atoms with Crippen molar-refractivity contribution in [2.75, 3.05) is 30.4 Å². The van der Waals surface area contributed by atoms with Crippen LogP contribution in [0.3, 0.4) is 0 Å². The summed E-state index contributed by atoms with van der Waals surface area (Å²) in [5.74, 6) is -0.601. The minimum atomic E-state index is -0.311. The molecule has 0 fully saturated rings. The van der Waals surface area contributed by atoms with Crippen molar-refractivity contribution in [2.45, 2.75) is 13.0 Å². The summed E-state index contributed by atoms with van der Waals surface area (Å²) in [6.45, 7) is 1.27. The van der Waals surface area contributed by atoms with E-state index < -0.39 is 0 Å². The van der Waals surface area contributed by atoms with Gasteiger partial charge in [-0.15, -0.1) is 0 Å². The first-order valence-electron chi connectivity index (χ1n) is 10.9. The van der Waals surface area contributed by atoms with Crippen molar-refractivity contribution in [2.24, 2.45) is 0 Å². The minimum absolute atomic E-state index is 0.290. The van der Waals surface area contributed by atoms with Crippen LogP contribution in [0, 0.1) is 0 Å². The van der Waals surface area contributed by atoms with Crippen LogP contribution in [0.25, 0.3) is 5.57 Å². The van der Waals surface area contributed by atoms with Crippen molar-refractivity contribution in [1.29, 1.82) is 0 Å². The molecule has 2 amide bonds. The van der Waals surface area contributed by atoms with Gasteiger partial charge in [0.1, 0.15) is 5.70 Å². The zero-order valence-corrected chi connectivity index (χ0v) is 19.3. The third kappa shape index (κ3) is 3.79. The Morgan fingerprint density at radius 1 is 0.818 bits per heavy atom. The lowest BCUT2D eigenvalue weighted by Crippen LogP contribution is -2.37. The Morgan fingerprint density at radius 2 is 1.48 bits per heavy atom. The molecule has 0 aromatic heterocycles. The van der Waals surface area contributed by atoms with Crippen molar-refractivity contribution >= 4 is 40.4 Å². The van der Waals surface area contributed by atoms with E-state index in [1.807, 2.05) is 60.3 Å². The molecule has 0 saturated heterocycles. The normalized spacial score (nSPS) is 15.8. The fraction of sp³-hybridized carbons (Fsp3) is 0.185. The number of carbonyl (C=O) groups excluding carboxylic acids is 2. The standard InChI is InChI=1S/C27H24ClN3O2/c1-29(2)22-11-13-23(14-12-22)31-26(32)24(19-7-9-21(28)10-8-19)25(27(31)33)30-16-15-18-5-3-4-6-20(18)17-30/h3-14H,15-17H2,1-2H3. The molecule has 3 aromatic rings. The fourth-order valence-corrected chi connectivity index (χ4v) is 4.64. The van der Waals surface area contributed by atoms with Crippen molar-refractivity contribution in [1.82, 2.24) is 4.90 Å². The molecule has 166 valence electrons. The van der Waals surface area contributed by atoms with E-state index in [0.717, 1.165) is 12.1 Å². The van der Waals surface area contributed by atoms with Crippen LogP contribution in [-0.4, -0.2) is 37.4 Å². The van der Waals surface area contributed by atoms with Crippen LogP contribution in [0.15, 0.2) is 78.5 Å².